The van der Waals surface area contributed by atoms with E-state index in [1.54, 1.807) is 7.11 Å². The van der Waals surface area contributed by atoms with Crippen molar-refractivity contribution in [2.75, 3.05) is 13.7 Å². The maximum atomic E-state index is 5.40. The normalized spacial score (nSPS) is 12.9. The molecule has 0 saturated heterocycles. The molecule has 5 nitrogen and oxygen atoms in total. The number of methoxy groups -OCH3 is 1. The maximum absolute atomic E-state index is 5.40. The molecular weight excluding hydrogens is 336 g/mol. The summed E-state index contributed by atoms with van der Waals surface area (Å²) in [5, 5.41) is 0. The molecule has 0 aliphatic heterocycles. The third kappa shape index (κ3) is 3.61. The summed E-state index contributed by atoms with van der Waals surface area (Å²) in [4.78, 5) is 14.7. The average Bonchev–Trinajstić information content (AvgIpc) is 2.94. The van der Waals surface area contributed by atoms with Gasteiger partial charge in [-0.25, -0.2) is 9.97 Å². The fraction of sp³-hybridized carbons (Fsp3) is 0.500. The summed E-state index contributed by atoms with van der Waals surface area (Å²) >= 11 is 0. The second kappa shape index (κ2) is 7.77. The van der Waals surface area contributed by atoms with Crippen LogP contribution in [0.4, 0.5) is 0 Å². The largest absolute Gasteiger partial charge is 0.383 e. The zero-order valence-corrected chi connectivity index (χ0v) is 17.5. The molecule has 0 bridgehead atoms. The van der Waals surface area contributed by atoms with Crippen LogP contribution in [0.3, 0.4) is 0 Å². The van der Waals surface area contributed by atoms with E-state index in [1.807, 2.05) is 6.92 Å². The molecule has 3 aromatic heterocycles. The monoisotopic (exact) mass is 366 g/mol. The minimum atomic E-state index is 0.263. The lowest BCUT2D eigenvalue weighted by Crippen LogP contribution is -2.13. The van der Waals surface area contributed by atoms with Crippen molar-refractivity contribution >= 4 is 11.2 Å². The fourth-order valence-corrected chi connectivity index (χ4v) is 3.56. The Morgan fingerprint density at radius 2 is 1.78 bits per heavy atom. The lowest BCUT2D eigenvalue weighted by Gasteiger charge is -2.17. The summed E-state index contributed by atoms with van der Waals surface area (Å²) in [6, 6.07) is 4.49. The first-order valence-corrected chi connectivity index (χ1v) is 9.69. The molecule has 0 spiro atoms. The standard InChI is InChI=1S/C22H30N4O/c1-8-17(12-27-7)26-11-14(4)20-22(26)24-16(6)21(25-20)18-9-10-19(13(2)3)23-15(18)5/h9-11,13,17H,8,12H2,1-7H3/t17-/m1/s1. The summed E-state index contributed by atoms with van der Waals surface area (Å²) in [6.07, 6.45) is 3.13. The van der Waals surface area contributed by atoms with Gasteiger partial charge in [0, 0.05) is 30.3 Å². The Hall–Kier alpha value is -2.27. The average molecular weight is 367 g/mol. The third-order valence-electron chi connectivity index (χ3n) is 5.18. The smallest absolute Gasteiger partial charge is 0.159 e. The zero-order valence-electron chi connectivity index (χ0n) is 17.5. The van der Waals surface area contributed by atoms with E-state index in [2.05, 4.69) is 57.5 Å². The van der Waals surface area contributed by atoms with E-state index in [0.717, 1.165) is 51.5 Å². The van der Waals surface area contributed by atoms with Crippen LogP contribution in [0.25, 0.3) is 22.4 Å². The predicted octanol–water partition coefficient (Wildman–Crippen LogP) is 5.14. The van der Waals surface area contributed by atoms with Gasteiger partial charge in [-0.3, -0.25) is 4.98 Å². The first-order valence-electron chi connectivity index (χ1n) is 9.69. The molecule has 0 aliphatic carbocycles. The molecule has 0 aliphatic rings. The lowest BCUT2D eigenvalue weighted by atomic mass is 10.0. The van der Waals surface area contributed by atoms with Crippen LogP contribution in [0.2, 0.25) is 0 Å². The highest BCUT2D eigenvalue weighted by molar-refractivity contribution is 5.80. The van der Waals surface area contributed by atoms with Gasteiger partial charge >= 0.3 is 0 Å². The zero-order chi connectivity index (χ0) is 19.7. The van der Waals surface area contributed by atoms with E-state index >= 15 is 0 Å². The van der Waals surface area contributed by atoms with Crippen LogP contribution in [0.1, 0.15) is 61.8 Å². The van der Waals surface area contributed by atoms with Crippen molar-refractivity contribution in [3.8, 4) is 11.3 Å². The van der Waals surface area contributed by atoms with Gasteiger partial charge < -0.3 is 9.30 Å². The van der Waals surface area contributed by atoms with Gasteiger partial charge in [-0.1, -0.05) is 20.8 Å². The first-order chi connectivity index (χ1) is 12.9. The molecule has 3 rings (SSSR count). The Kier molecular flexibility index (Phi) is 5.61. The second-order valence-electron chi connectivity index (χ2n) is 7.59. The highest BCUT2D eigenvalue weighted by Crippen LogP contribution is 2.30. The van der Waals surface area contributed by atoms with Gasteiger partial charge in [-0.2, -0.15) is 0 Å². The number of ether oxygens (including phenoxy) is 1. The molecule has 5 heteroatoms. The van der Waals surface area contributed by atoms with Gasteiger partial charge in [0.25, 0.3) is 0 Å². The molecule has 3 heterocycles. The topological polar surface area (TPSA) is 52.8 Å². The highest BCUT2D eigenvalue weighted by atomic mass is 16.5. The molecule has 144 valence electrons. The molecule has 0 N–H and O–H groups in total. The molecular formula is C22H30N4O. The lowest BCUT2D eigenvalue weighted by molar-refractivity contribution is 0.154. The van der Waals surface area contributed by atoms with Crippen LogP contribution in [-0.4, -0.2) is 33.2 Å². The van der Waals surface area contributed by atoms with E-state index in [0.29, 0.717) is 12.5 Å². The molecule has 0 aromatic carbocycles. The molecule has 27 heavy (non-hydrogen) atoms. The number of aryl methyl sites for hydroxylation is 3. The van der Waals surface area contributed by atoms with Crippen LogP contribution in [0.15, 0.2) is 18.3 Å². The van der Waals surface area contributed by atoms with Crippen LogP contribution < -0.4 is 0 Å². The summed E-state index contributed by atoms with van der Waals surface area (Å²) in [5.74, 6) is 0.412. The predicted molar refractivity (Wildman–Crippen MR) is 110 cm³/mol. The van der Waals surface area contributed by atoms with Gasteiger partial charge in [0.15, 0.2) is 5.65 Å². The Morgan fingerprint density at radius 3 is 2.37 bits per heavy atom. The number of hydrogen-bond donors (Lipinski definition) is 0. The van der Waals surface area contributed by atoms with E-state index < -0.39 is 0 Å². The number of nitrogens with zero attached hydrogens (tertiary/aromatic N) is 4. The van der Waals surface area contributed by atoms with E-state index in [9.17, 15) is 0 Å². The third-order valence-corrected chi connectivity index (χ3v) is 5.18. The Labute approximate surface area is 161 Å². The van der Waals surface area contributed by atoms with Crippen molar-refractivity contribution in [1.82, 2.24) is 19.5 Å². The molecule has 3 aromatic rings. The van der Waals surface area contributed by atoms with Crippen molar-refractivity contribution < 1.29 is 4.74 Å². The highest BCUT2D eigenvalue weighted by Gasteiger charge is 2.19. The number of pyridine rings is 1. The van der Waals surface area contributed by atoms with E-state index in [-0.39, 0.29) is 6.04 Å². The van der Waals surface area contributed by atoms with Gasteiger partial charge in [-0.05, 0) is 50.8 Å². The SMILES string of the molecule is CC[C@H](COC)n1cc(C)c2nc(-c3ccc(C(C)C)nc3C)c(C)nc21. The van der Waals surface area contributed by atoms with Crippen LogP contribution in [0, 0.1) is 20.8 Å². The number of rotatable bonds is 6. The number of hydrogen-bond acceptors (Lipinski definition) is 4. The summed E-state index contributed by atoms with van der Waals surface area (Å²) in [5.41, 5.74) is 8.04. The summed E-state index contributed by atoms with van der Waals surface area (Å²) < 4.78 is 7.61. The number of aromatic nitrogens is 4. The Morgan fingerprint density at radius 1 is 1.04 bits per heavy atom. The van der Waals surface area contributed by atoms with Gasteiger partial charge in [0.2, 0.25) is 0 Å². The van der Waals surface area contributed by atoms with Crippen LogP contribution >= 0.6 is 0 Å². The minimum Gasteiger partial charge on any atom is -0.383 e. The Bertz CT molecular complexity index is 959. The van der Waals surface area contributed by atoms with Gasteiger partial charge in [-0.15, -0.1) is 0 Å². The van der Waals surface area contributed by atoms with Crippen molar-refractivity contribution in [2.45, 2.75) is 59.9 Å². The van der Waals surface area contributed by atoms with Crippen LogP contribution in [0.5, 0.6) is 0 Å². The van der Waals surface area contributed by atoms with E-state index in [4.69, 9.17) is 19.7 Å². The van der Waals surface area contributed by atoms with Crippen molar-refractivity contribution in [2.24, 2.45) is 0 Å². The summed E-state index contributed by atoms with van der Waals surface area (Å²) in [6.45, 7) is 13.3. The molecule has 0 fully saturated rings. The molecule has 0 saturated carbocycles. The molecule has 0 amide bonds. The molecule has 0 radical (unpaired) electrons. The van der Waals surface area contributed by atoms with E-state index in [1.165, 1.54) is 0 Å². The quantitative estimate of drug-likeness (QED) is 0.606. The summed E-state index contributed by atoms with van der Waals surface area (Å²) in [7, 11) is 1.74. The first kappa shape index (κ1) is 19.5. The second-order valence-corrected chi connectivity index (χ2v) is 7.59. The molecule has 0 unspecified atom stereocenters. The number of fused-ring (bicyclic) bond motifs is 1. The fourth-order valence-electron chi connectivity index (χ4n) is 3.56. The van der Waals surface area contributed by atoms with Crippen molar-refractivity contribution in [3.63, 3.8) is 0 Å². The van der Waals surface area contributed by atoms with Crippen molar-refractivity contribution in [1.29, 1.82) is 0 Å². The van der Waals surface area contributed by atoms with Gasteiger partial charge in [0.1, 0.15) is 5.52 Å². The van der Waals surface area contributed by atoms with Crippen molar-refractivity contribution in [3.05, 3.63) is 41.0 Å². The van der Waals surface area contributed by atoms with Gasteiger partial charge in [0.05, 0.1) is 24.0 Å². The van der Waals surface area contributed by atoms with Crippen LogP contribution in [-0.2, 0) is 4.74 Å². The minimum absolute atomic E-state index is 0.263. The molecule has 1 atom stereocenters. The Balaban J connectivity index is 2.15. The maximum Gasteiger partial charge on any atom is 0.159 e.